The van der Waals surface area contributed by atoms with Crippen molar-refractivity contribution in [3.05, 3.63) is 33.9 Å². The van der Waals surface area contributed by atoms with Gasteiger partial charge in [-0.2, -0.15) is 0 Å². The van der Waals surface area contributed by atoms with Crippen LogP contribution in [-0.2, 0) is 0 Å². The van der Waals surface area contributed by atoms with Crippen LogP contribution < -0.4 is 11.1 Å². The van der Waals surface area contributed by atoms with Crippen molar-refractivity contribution in [1.29, 1.82) is 0 Å². The number of carbonyl (C=O) groups excluding carboxylic acids is 1. The second kappa shape index (κ2) is 6.11. The lowest BCUT2D eigenvalue weighted by molar-refractivity contribution is -0.384. The van der Waals surface area contributed by atoms with Crippen LogP contribution >= 0.6 is 0 Å². The first-order chi connectivity index (χ1) is 9.91. The van der Waals surface area contributed by atoms with E-state index in [9.17, 15) is 14.9 Å². The molecular weight excluding hydrogens is 270 g/mol. The van der Waals surface area contributed by atoms with Crippen LogP contribution in [0, 0.1) is 15.5 Å². The Morgan fingerprint density at radius 2 is 2.05 bits per heavy atom. The molecule has 1 amide bonds. The normalized spacial score (nSPS) is 17.2. The second-order valence-corrected chi connectivity index (χ2v) is 6.08. The summed E-state index contributed by atoms with van der Waals surface area (Å²) in [6, 6.07) is 4.30. The van der Waals surface area contributed by atoms with Crippen LogP contribution in [0.25, 0.3) is 0 Å². The third-order valence-electron chi connectivity index (χ3n) is 4.25. The van der Waals surface area contributed by atoms with Gasteiger partial charge in [-0.05, 0) is 30.4 Å². The maximum atomic E-state index is 11.1. The number of nitrogens with two attached hydrogens (primary N) is 1. The summed E-state index contributed by atoms with van der Waals surface area (Å²) in [5.41, 5.74) is 5.82. The van der Waals surface area contributed by atoms with E-state index in [1.54, 1.807) is 6.07 Å². The molecule has 0 saturated heterocycles. The Bertz CT molecular complexity index is 551. The summed E-state index contributed by atoms with van der Waals surface area (Å²) in [6.07, 6.45) is 5.95. The summed E-state index contributed by atoms with van der Waals surface area (Å²) in [6.45, 7) is 2.91. The quantitative estimate of drug-likeness (QED) is 0.643. The van der Waals surface area contributed by atoms with Gasteiger partial charge in [-0.1, -0.05) is 26.2 Å². The molecule has 6 heteroatoms. The number of nitro benzene ring substituents is 1. The fraction of sp³-hybridized carbons (Fsp3) is 0.533. The molecule has 0 heterocycles. The van der Waals surface area contributed by atoms with Gasteiger partial charge in [-0.15, -0.1) is 0 Å². The SMILES string of the molecule is CC1(CNc2ccc(C(N)=O)cc2[N+](=O)[O-])CCCCC1. The summed E-state index contributed by atoms with van der Waals surface area (Å²) in [4.78, 5) is 21.8. The molecule has 1 aromatic carbocycles. The van der Waals surface area contributed by atoms with E-state index in [0.717, 1.165) is 12.8 Å². The lowest BCUT2D eigenvalue weighted by Crippen LogP contribution is -2.29. The molecule has 0 spiro atoms. The molecule has 1 aromatic rings. The van der Waals surface area contributed by atoms with Gasteiger partial charge in [0.15, 0.2) is 0 Å². The number of primary amides is 1. The van der Waals surface area contributed by atoms with E-state index in [4.69, 9.17) is 5.73 Å². The fourth-order valence-corrected chi connectivity index (χ4v) is 2.88. The summed E-state index contributed by atoms with van der Waals surface area (Å²) < 4.78 is 0. The molecule has 114 valence electrons. The van der Waals surface area contributed by atoms with Gasteiger partial charge >= 0.3 is 0 Å². The number of hydrogen-bond acceptors (Lipinski definition) is 4. The minimum atomic E-state index is -0.663. The average molecular weight is 291 g/mol. The number of nitrogens with zero attached hydrogens (tertiary/aromatic N) is 1. The molecule has 0 atom stereocenters. The molecule has 21 heavy (non-hydrogen) atoms. The Kier molecular flexibility index (Phi) is 4.45. The van der Waals surface area contributed by atoms with Crippen molar-refractivity contribution in [2.45, 2.75) is 39.0 Å². The highest BCUT2D eigenvalue weighted by Crippen LogP contribution is 2.36. The standard InChI is InChI=1S/C15H21N3O3/c1-15(7-3-2-4-8-15)10-17-12-6-5-11(14(16)19)9-13(12)18(20)21/h5-6,9,17H,2-4,7-8,10H2,1H3,(H2,16,19). The zero-order valence-electron chi connectivity index (χ0n) is 12.2. The molecule has 0 aliphatic heterocycles. The van der Waals surface area contributed by atoms with Gasteiger partial charge in [0, 0.05) is 18.2 Å². The maximum absolute atomic E-state index is 11.1. The Hall–Kier alpha value is -2.11. The molecule has 1 aliphatic carbocycles. The van der Waals surface area contributed by atoms with E-state index < -0.39 is 10.8 Å². The van der Waals surface area contributed by atoms with Crippen LogP contribution in [0.4, 0.5) is 11.4 Å². The van der Waals surface area contributed by atoms with Crippen molar-refractivity contribution in [3.8, 4) is 0 Å². The minimum Gasteiger partial charge on any atom is -0.379 e. The van der Waals surface area contributed by atoms with Gasteiger partial charge in [0.05, 0.1) is 4.92 Å². The molecule has 0 radical (unpaired) electrons. The largest absolute Gasteiger partial charge is 0.379 e. The number of rotatable bonds is 5. The first-order valence-electron chi connectivity index (χ1n) is 7.23. The highest BCUT2D eigenvalue weighted by Gasteiger charge is 2.27. The van der Waals surface area contributed by atoms with Gasteiger partial charge in [-0.25, -0.2) is 0 Å². The number of anilines is 1. The molecule has 1 saturated carbocycles. The third-order valence-corrected chi connectivity index (χ3v) is 4.25. The minimum absolute atomic E-state index is 0.106. The number of carbonyl (C=O) groups is 1. The van der Waals surface area contributed by atoms with E-state index in [0.29, 0.717) is 12.2 Å². The number of amides is 1. The summed E-state index contributed by atoms with van der Waals surface area (Å²) in [7, 11) is 0. The number of hydrogen-bond donors (Lipinski definition) is 2. The summed E-state index contributed by atoms with van der Waals surface area (Å²) in [5, 5.41) is 14.3. The molecule has 0 aromatic heterocycles. The zero-order chi connectivity index (χ0) is 15.5. The zero-order valence-corrected chi connectivity index (χ0v) is 12.2. The lowest BCUT2D eigenvalue weighted by Gasteiger charge is -2.33. The molecule has 1 aliphatic rings. The van der Waals surface area contributed by atoms with Gasteiger partial charge in [-0.3, -0.25) is 14.9 Å². The van der Waals surface area contributed by atoms with Crippen molar-refractivity contribution >= 4 is 17.3 Å². The summed E-state index contributed by atoms with van der Waals surface area (Å²) in [5.74, 6) is -0.663. The third kappa shape index (κ3) is 3.71. The highest BCUT2D eigenvalue weighted by atomic mass is 16.6. The van der Waals surface area contributed by atoms with Gasteiger partial charge in [0.2, 0.25) is 5.91 Å². The van der Waals surface area contributed by atoms with E-state index >= 15 is 0 Å². The molecule has 6 nitrogen and oxygen atoms in total. The van der Waals surface area contributed by atoms with Gasteiger partial charge in [0.1, 0.15) is 5.69 Å². The monoisotopic (exact) mass is 291 g/mol. The Morgan fingerprint density at radius 3 is 2.62 bits per heavy atom. The number of nitro groups is 1. The maximum Gasteiger partial charge on any atom is 0.293 e. The predicted octanol–water partition coefficient (Wildman–Crippen LogP) is 3.08. The first kappa shape index (κ1) is 15.3. The van der Waals surface area contributed by atoms with Crippen molar-refractivity contribution in [2.24, 2.45) is 11.1 Å². The van der Waals surface area contributed by atoms with Gasteiger partial charge < -0.3 is 11.1 Å². The van der Waals surface area contributed by atoms with Crippen molar-refractivity contribution < 1.29 is 9.72 Å². The van der Waals surface area contributed by atoms with E-state index in [1.807, 2.05) is 0 Å². The highest BCUT2D eigenvalue weighted by molar-refractivity contribution is 5.94. The molecule has 0 bridgehead atoms. The van der Waals surface area contributed by atoms with Crippen molar-refractivity contribution in [2.75, 3.05) is 11.9 Å². The van der Waals surface area contributed by atoms with E-state index in [2.05, 4.69) is 12.2 Å². The Balaban J connectivity index is 2.15. The van der Waals surface area contributed by atoms with Crippen LogP contribution in [-0.4, -0.2) is 17.4 Å². The van der Waals surface area contributed by atoms with Crippen LogP contribution in [0.5, 0.6) is 0 Å². The molecule has 0 unspecified atom stereocenters. The summed E-state index contributed by atoms with van der Waals surface area (Å²) >= 11 is 0. The number of nitrogens with one attached hydrogen (secondary N) is 1. The molecule has 1 fully saturated rings. The van der Waals surface area contributed by atoms with Crippen LogP contribution in [0.2, 0.25) is 0 Å². The second-order valence-electron chi connectivity index (χ2n) is 6.08. The van der Waals surface area contributed by atoms with Gasteiger partial charge in [0.25, 0.3) is 5.69 Å². The smallest absolute Gasteiger partial charge is 0.293 e. The molecule has 2 rings (SSSR count). The number of benzene rings is 1. The topological polar surface area (TPSA) is 98.3 Å². The van der Waals surface area contributed by atoms with Crippen LogP contribution in [0.3, 0.4) is 0 Å². The average Bonchev–Trinajstić information content (AvgIpc) is 2.45. The fourth-order valence-electron chi connectivity index (χ4n) is 2.88. The Morgan fingerprint density at radius 1 is 1.38 bits per heavy atom. The van der Waals surface area contributed by atoms with Crippen LogP contribution in [0.15, 0.2) is 18.2 Å². The van der Waals surface area contributed by atoms with Crippen molar-refractivity contribution in [1.82, 2.24) is 0 Å². The Labute approximate surface area is 123 Å². The first-order valence-corrected chi connectivity index (χ1v) is 7.23. The molecule has 3 N–H and O–H groups in total. The lowest BCUT2D eigenvalue weighted by atomic mass is 9.75. The van der Waals surface area contributed by atoms with Crippen molar-refractivity contribution in [3.63, 3.8) is 0 Å². The van der Waals surface area contributed by atoms with E-state index in [-0.39, 0.29) is 16.7 Å². The molecular formula is C15H21N3O3. The predicted molar refractivity (Wildman–Crippen MR) is 81.3 cm³/mol. The van der Waals surface area contributed by atoms with Crippen LogP contribution in [0.1, 0.15) is 49.4 Å². The van der Waals surface area contributed by atoms with E-state index in [1.165, 1.54) is 31.4 Å².